The first-order valence-corrected chi connectivity index (χ1v) is 16.1. The molecule has 3 heterocycles. The lowest BCUT2D eigenvalue weighted by molar-refractivity contribution is -0.183. The molecule has 2 N–H and O–H groups in total. The van der Waals surface area contributed by atoms with E-state index in [-0.39, 0.29) is 5.91 Å². The van der Waals surface area contributed by atoms with Gasteiger partial charge < -0.3 is 15.2 Å². The topological polar surface area (TPSA) is 63.8 Å². The van der Waals surface area contributed by atoms with Gasteiger partial charge in [-0.2, -0.15) is 10.0 Å². The van der Waals surface area contributed by atoms with Gasteiger partial charge in [0.25, 0.3) is 5.91 Å². The van der Waals surface area contributed by atoms with E-state index in [1.807, 2.05) is 60.5 Å². The van der Waals surface area contributed by atoms with E-state index in [9.17, 15) is 4.79 Å². The lowest BCUT2D eigenvalue weighted by Crippen LogP contribution is -2.48. The van der Waals surface area contributed by atoms with Gasteiger partial charge in [0.05, 0.1) is 5.69 Å². The minimum absolute atomic E-state index is 0.0970. The van der Waals surface area contributed by atoms with Gasteiger partial charge in [-0.1, -0.05) is 41.9 Å². The number of hydroxylamine groups is 3. The fourth-order valence-electron chi connectivity index (χ4n) is 5.45. The van der Waals surface area contributed by atoms with Gasteiger partial charge in [-0.15, -0.1) is 11.8 Å². The Labute approximate surface area is 263 Å². The fraction of sp³-hybridized carbons (Fsp3) is 0.406. The number of allylic oxidation sites excluding steroid dienone is 3. The van der Waals surface area contributed by atoms with E-state index < -0.39 is 0 Å². The van der Waals surface area contributed by atoms with Crippen LogP contribution in [0.25, 0.3) is 6.08 Å². The van der Waals surface area contributed by atoms with E-state index in [0.717, 1.165) is 70.8 Å². The third-order valence-electron chi connectivity index (χ3n) is 7.90. The molecule has 3 aliphatic rings. The van der Waals surface area contributed by atoms with Gasteiger partial charge in [0.15, 0.2) is 0 Å². The van der Waals surface area contributed by atoms with Crippen molar-refractivity contribution in [1.82, 2.24) is 20.3 Å². The van der Waals surface area contributed by atoms with Gasteiger partial charge in [-0.25, -0.2) is 5.06 Å². The second kappa shape index (κ2) is 13.9. The van der Waals surface area contributed by atoms with Crippen LogP contribution in [0.1, 0.15) is 35.4 Å². The van der Waals surface area contributed by atoms with E-state index >= 15 is 0 Å². The summed E-state index contributed by atoms with van der Waals surface area (Å²) in [6.07, 6.45) is 10.4. The quantitative estimate of drug-likeness (QED) is 0.164. The van der Waals surface area contributed by atoms with Crippen molar-refractivity contribution in [3.8, 4) is 0 Å². The molecule has 0 bridgehead atoms. The van der Waals surface area contributed by atoms with Crippen molar-refractivity contribution in [2.24, 2.45) is 5.92 Å². The molecule has 0 unspecified atom stereocenters. The Balaban J connectivity index is 1.29. The van der Waals surface area contributed by atoms with E-state index in [4.69, 9.17) is 28.1 Å². The monoisotopic (exact) mass is 627 g/mol. The molecular formula is C32H39Cl2N5O2S. The number of hydrogen-bond donors (Lipinski definition) is 2. The number of aromatic nitrogens is 1. The molecule has 5 rings (SSSR count). The Bertz CT molecular complexity index is 1400. The summed E-state index contributed by atoms with van der Waals surface area (Å²) in [7, 11) is 1.94. The highest BCUT2D eigenvalue weighted by Gasteiger charge is 2.28. The van der Waals surface area contributed by atoms with Crippen LogP contribution in [0, 0.1) is 19.8 Å². The Hall–Kier alpha value is -2.46. The highest BCUT2D eigenvalue weighted by atomic mass is 35.5. The van der Waals surface area contributed by atoms with E-state index in [2.05, 4.69) is 28.7 Å². The van der Waals surface area contributed by atoms with Crippen LogP contribution in [-0.4, -0.2) is 67.2 Å². The molecule has 7 nitrogen and oxygen atoms in total. The maximum atomic E-state index is 12.9. The third-order valence-corrected chi connectivity index (χ3v) is 9.62. The van der Waals surface area contributed by atoms with Crippen molar-refractivity contribution in [3.05, 3.63) is 91.6 Å². The fourth-order valence-corrected chi connectivity index (χ4v) is 7.18. The number of aryl methyl sites for hydroxylation is 1. The number of H-pyrrole nitrogens is 1. The average molecular weight is 629 g/mol. The number of carbonyl (C=O) groups is 1. The van der Waals surface area contributed by atoms with E-state index in [1.54, 1.807) is 17.8 Å². The van der Waals surface area contributed by atoms with E-state index in [1.165, 1.54) is 19.4 Å². The lowest BCUT2D eigenvalue weighted by Gasteiger charge is -2.35. The highest BCUT2D eigenvalue weighted by molar-refractivity contribution is 8.02. The summed E-state index contributed by atoms with van der Waals surface area (Å²) in [4.78, 5) is 26.2. The van der Waals surface area contributed by atoms with Gasteiger partial charge in [0.2, 0.25) is 0 Å². The first kappa shape index (κ1) is 31.0. The molecule has 0 atom stereocenters. The summed E-state index contributed by atoms with van der Waals surface area (Å²) in [5.74, 6) is 1.41. The number of aromatic amines is 1. The highest BCUT2D eigenvalue weighted by Crippen LogP contribution is 2.35. The van der Waals surface area contributed by atoms with Crippen molar-refractivity contribution in [2.75, 3.05) is 51.4 Å². The van der Waals surface area contributed by atoms with Gasteiger partial charge >= 0.3 is 0 Å². The van der Waals surface area contributed by atoms with Crippen LogP contribution in [-0.2, 0) is 15.5 Å². The van der Waals surface area contributed by atoms with Crippen molar-refractivity contribution >= 4 is 52.6 Å². The van der Waals surface area contributed by atoms with Crippen LogP contribution in [0.5, 0.6) is 0 Å². The molecule has 1 aromatic heterocycles. The van der Waals surface area contributed by atoms with E-state index in [0.29, 0.717) is 27.9 Å². The zero-order valence-electron chi connectivity index (χ0n) is 24.5. The minimum Gasteiger partial charge on any atom is -0.357 e. The molecule has 2 aliphatic heterocycles. The van der Waals surface area contributed by atoms with Crippen LogP contribution in [0.2, 0.25) is 10.0 Å². The maximum Gasteiger partial charge on any atom is 0.251 e. The first-order chi connectivity index (χ1) is 20.2. The lowest BCUT2D eigenvalue weighted by atomic mass is 10.1. The number of carbonyl (C=O) groups excluding carboxylic acids is 1. The molecule has 1 aromatic carbocycles. The first-order valence-electron chi connectivity index (χ1n) is 14.4. The van der Waals surface area contributed by atoms with Crippen LogP contribution < -0.4 is 10.4 Å². The predicted molar refractivity (Wildman–Crippen MR) is 176 cm³/mol. The van der Waals surface area contributed by atoms with Gasteiger partial charge in [0, 0.05) is 89.5 Å². The largest absolute Gasteiger partial charge is 0.357 e. The van der Waals surface area contributed by atoms with Crippen LogP contribution >= 0.6 is 35.0 Å². The normalized spacial score (nSPS) is 20.5. The molecule has 1 amide bonds. The SMILES string of the molecule is C=C\C=C(/C=C1\CNC(=O)\C1=C/c1[nH]c(C)c(N(C)ON2CCN(CC3CC3)CC2)c1C)SCc1c(Cl)cccc1Cl. The van der Waals surface area contributed by atoms with Gasteiger partial charge in [0.1, 0.15) is 0 Å². The number of rotatable bonds is 11. The van der Waals surface area contributed by atoms with Crippen molar-refractivity contribution in [3.63, 3.8) is 0 Å². The molecule has 1 saturated carbocycles. The number of amides is 1. The van der Waals surface area contributed by atoms with Crippen molar-refractivity contribution in [2.45, 2.75) is 32.4 Å². The van der Waals surface area contributed by atoms with Gasteiger partial charge in [-0.05, 0) is 74.1 Å². The molecule has 3 fully saturated rings. The minimum atomic E-state index is -0.0970. The van der Waals surface area contributed by atoms with Crippen molar-refractivity contribution in [1.29, 1.82) is 0 Å². The summed E-state index contributed by atoms with van der Waals surface area (Å²) in [6, 6.07) is 5.52. The molecule has 224 valence electrons. The molecule has 42 heavy (non-hydrogen) atoms. The second-order valence-electron chi connectivity index (χ2n) is 11.1. The number of thioether (sulfide) groups is 1. The number of benzene rings is 1. The Morgan fingerprint density at radius 1 is 1.19 bits per heavy atom. The maximum absolute atomic E-state index is 12.9. The number of nitrogens with one attached hydrogen (secondary N) is 2. The summed E-state index contributed by atoms with van der Waals surface area (Å²) in [6.45, 7) is 13.5. The van der Waals surface area contributed by atoms with Crippen LogP contribution in [0.3, 0.4) is 0 Å². The zero-order valence-corrected chi connectivity index (χ0v) is 26.8. The number of anilines is 1. The Morgan fingerprint density at radius 2 is 1.90 bits per heavy atom. The van der Waals surface area contributed by atoms with Gasteiger partial charge in [-0.3, -0.25) is 4.79 Å². The summed E-state index contributed by atoms with van der Waals surface area (Å²) in [5.41, 5.74) is 6.30. The summed E-state index contributed by atoms with van der Waals surface area (Å²) >= 11 is 14.4. The molecular weight excluding hydrogens is 589 g/mol. The summed E-state index contributed by atoms with van der Waals surface area (Å²) in [5, 5.41) is 8.13. The molecule has 2 aromatic rings. The average Bonchev–Trinajstić information content (AvgIpc) is 3.64. The summed E-state index contributed by atoms with van der Waals surface area (Å²) < 4.78 is 0. The second-order valence-corrected chi connectivity index (χ2v) is 13.0. The molecule has 0 radical (unpaired) electrons. The molecule has 0 spiro atoms. The van der Waals surface area contributed by atoms with Crippen LogP contribution in [0.15, 0.2) is 59.1 Å². The van der Waals surface area contributed by atoms with Crippen molar-refractivity contribution < 1.29 is 9.73 Å². The number of nitrogens with zero attached hydrogens (tertiary/aromatic N) is 3. The Morgan fingerprint density at radius 3 is 2.57 bits per heavy atom. The zero-order chi connectivity index (χ0) is 29.8. The van der Waals surface area contributed by atoms with Crippen LogP contribution in [0.4, 0.5) is 5.69 Å². The molecule has 1 aliphatic carbocycles. The number of halogens is 2. The smallest absolute Gasteiger partial charge is 0.251 e. The third kappa shape index (κ3) is 7.54. The number of piperazine rings is 1. The predicted octanol–water partition coefficient (Wildman–Crippen LogP) is 6.69. The standard InChI is InChI=1S/C32H39Cl2N5O2S/c1-5-7-25(42-20-27-28(33)8-6-9-29(27)34)16-24-18-35-32(40)26(24)17-30-21(2)31(22(3)36-30)37(4)41-39-14-12-38(13-15-39)19-23-10-11-23/h5-9,16-17,23,36H,1,10-15,18-20H2,2-4H3,(H,35,40)/b24-16+,25-7+,26-17-. The molecule has 10 heteroatoms. The Kier molecular flexibility index (Phi) is 10.2. The number of hydrogen-bond acceptors (Lipinski definition) is 6. The molecule has 2 saturated heterocycles.